The van der Waals surface area contributed by atoms with E-state index in [1.165, 1.54) is 0 Å². The molecule has 0 aliphatic carbocycles. The van der Waals surface area contributed by atoms with Gasteiger partial charge in [-0.15, -0.1) is 0 Å². The number of aromatic nitrogens is 2. The molecule has 0 fully saturated rings. The molecule has 0 saturated carbocycles. The Hall–Kier alpha value is -4.19. The van der Waals surface area contributed by atoms with Crippen LogP contribution in [0, 0.1) is 0 Å². The maximum Gasteiger partial charge on any atom is 0.229 e. The summed E-state index contributed by atoms with van der Waals surface area (Å²) in [5.41, 5.74) is 10.2. The van der Waals surface area contributed by atoms with Gasteiger partial charge in [0.05, 0.1) is 18.7 Å². The number of hydrogen-bond acceptors (Lipinski definition) is 5. The van der Waals surface area contributed by atoms with Gasteiger partial charge >= 0.3 is 0 Å². The Morgan fingerprint density at radius 1 is 1.00 bits per heavy atom. The molecule has 2 heterocycles. The number of carbonyl (C=O) groups is 1. The summed E-state index contributed by atoms with van der Waals surface area (Å²) in [4.78, 5) is 21.6. The Morgan fingerprint density at radius 2 is 1.79 bits per heavy atom. The zero-order chi connectivity index (χ0) is 23.0. The van der Waals surface area contributed by atoms with Crippen LogP contribution in [0.2, 0.25) is 0 Å². The number of nitrogens with one attached hydrogen (secondary N) is 1. The number of hydrogen-bond donors (Lipinski definition) is 2. The lowest BCUT2D eigenvalue weighted by atomic mass is 9.91. The van der Waals surface area contributed by atoms with Gasteiger partial charge in [0.25, 0.3) is 0 Å². The summed E-state index contributed by atoms with van der Waals surface area (Å²) < 4.78 is 5.46. The topological polar surface area (TPSA) is 90.1 Å². The summed E-state index contributed by atoms with van der Waals surface area (Å²) in [7, 11) is 1.67. The van der Waals surface area contributed by atoms with Gasteiger partial charge in [-0.25, -0.2) is 4.98 Å². The van der Waals surface area contributed by atoms with Gasteiger partial charge in [0.15, 0.2) is 0 Å². The summed E-state index contributed by atoms with van der Waals surface area (Å²) >= 11 is 0. The van der Waals surface area contributed by atoms with E-state index in [1.54, 1.807) is 25.6 Å². The van der Waals surface area contributed by atoms with Gasteiger partial charge in [0, 0.05) is 30.1 Å². The van der Waals surface area contributed by atoms with E-state index in [4.69, 9.17) is 15.5 Å². The first kappa shape index (κ1) is 22.0. The van der Waals surface area contributed by atoms with Crippen molar-refractivity contribution in [2.24, 2.45) is 5.73 Å². The smallest absolute Gasteiger partial charge is 0.229 e. The van der Waals surface area contributed by atoms with Crippen LogP contribution in [-0.2, 0) is 11.2 Å². The number of ether oxygens (including phenoxy) is 1. The lowest BCUT2D eigenvalue weighted by molar-refractivity contribution is -0.118. The Balaban J connectivity index is 1.69. The maximum absolute atomic E-state index is 12.5. The quantitative estimate of drug-likeness (QED) is 0.404. The number of carbonyl (C=O) groups excluding carboxylic acids is 1. The highest BCUT2D eigenvalue weighted by Crippen LogP contribution is 2.31. The lowest BCUT2D eigenvalue weighted by Gasteiger charge is -2.19. The van der Waals surface area contributed by atoms with Gasteiger partial charge in [0.1, 0.15) is 11.6 Å². The molecular weight excluding hydrogens is 412 g/mol. The van der Waals surface area contributed by atoms with Crippen molar-refractivity contribution in [1.82, 2.24) is 9.97 Å². The second kappa shape index (κ2) is 10.4. The number of benzene rings is 2. The first-order valence-corrected chi connectivity index (χ1v) is 10.8. The van der Waals surface area contributed by atoms with E-state index in [2.05, 4.69) is 10.3 Å². The second-order valence-electron chi connectivity index (χ2n) is 7.61. The molecule has 0 saturated heterocycles. The molecule has 2 aromatic heterocycles. The number of para-hydroxylation sites is 1. The molecule has 0 bridgehead atoms. The average Bonchev–Trinajstić information content (AvgIpc) is 2.86. The first-order valence-electron chi connectivity index (χ1n) is 10.8. The third-order valence-electron chi connectivity index (χ3n) is 5.49. The molecule has 33 heavy (non-hydrogen) atoms. The Morgan fingerprint density at radius 3 is 2.52 bits per heavy atom. The van der Waals surface area contributed by atoms with Crippen molar-refractivity contribution in [3.63, 3.8) is 0 Å². The van der Waals surface area contributed by atoms with Gasteiger partial charge in [-0.1, -0.05) is 60.7 Å². The zero-order valence-corrected chi connectivity index (χ0v) is 18.4. The van der Waals surface area contributed by atoms with Crippen molar-refractivity contribution >= 4 is 11.7 Å². The Labute approximate surface area is 193 Å². The largest absolute Gasteiger partial charge is 0.496 e. The van der Waals surface area contributed by atoms with Gasteiger partial charge in [0.2, 0.25) is 5.91 Å². The summed E-state index contributed by atoms with van der Waals surface area (Å²) in [6, 6.07) is 25.3. The molecule has 1 atom stereocenters. The summed E-state index contributed by atoms with van der Waals surface area (Å²) in [6.45, 7) is 0.608. The van der Waals surface area contributed by atoms with Crippen LogP contribution in [0.3, 0.4) is 0 Å². The molecule has 0 aliphatic heterocycles. The highest BCUT2D eigenvalue weighted by molar-refractivity contribution is 5.87. The van der Waals surface area contributed by atoms with Gasteiger partial charge in [-0.05, 0) is 35.7 Å². The fraction of sp³-hybridized carbons (Fsp3) is 0.148. The fourth-order valence-electron chi connectivity index (χ4n) is 3.88. The van der Waals surface area contributed by atoms with Crippen LogP contribution in [0.5, 0.6) is 5.75 Å². The van der Waals surface area contributed by atoms with Crippen LogP contribution in [0.1, 0.15) is 22.6 Å². The van der Waals surface area contributed by atoms with Crippen molar-refractivity contribution < 1.29 is 9.53 Å². The van der Waals surface area contributed by atoms with E-state index < -0.39 is 11.8 Å². The molecule has 3 N–H and O–H groups in total. The molecule has 0 aliphatic rings. The first-order chi connectivity index (χ1) is 16.2. The predicted octanol–water partition coefficient (Wildman–Crippen LogP) is 4.42. The average molecular weight is 439 g/mol. The van der Waals surface area contributed by atoms with Crippen molar-refractivity contribution in [3.8, 4) is 17.0 Å². The minimum atomic E-state index is -0.662. The summed E-state index contributed by atoms with van der Waals surface area (Å²) in [6.07, 6.45) is 4.07. The van der Waals surface area contributed by atoms with E-state index in [1.807, 2.05) is 72.8 Å². The highest BCUT2D eigenvalue weighted by atomic mass is 16.5. The number of amides is 1. The van der Waals surface area contributed by atoms with Crippen LogP contribution in [0.25, 0.3) is 11.3 Å². The van der Waals surface area contributed by atoms with Crippen LogP contribution >= 0.6 is 0 Å². The third kappa shape index (κ3) is 5.18. The number of primary amides is 1. The molecule has 0 radical (unpaired) electrons. The fourth-order valence-corrected chi connectivity index (χ4v) is 3.88. The van der Waals surface area contributed by atoms with E-state index >= 15 is 0 Å². The maximum atomic E-state index is 12.5. The van der Waals surface area contributed by atoms with Gasteiger partial charge in [-0.2, -0.15) is 0 Å². The van der Waals surface area contributed by atoms with Crippen LogP contribution in [0.15, 0.2) is 91.3 Å². The molecule has 6 heteroatoms. The van der Waals surface area contributed by atoms with E-state index in [0.717, 1.165) is 40.1 Å². The molecule has 2 aromatic carbocycles. The monoisotopic (exact) mass is 438 g/mol. The molecule has 166 valence electrons. The number of anilines is 1. The Bertz CT molecular complexity index is 1210. The third-order valence-corrected chi connectivity index (χ3v) is 5.49. The highest BCUT2D eigenvalue weighted by Gasteiger charge is 2.24. The van der Waals surface area contributed by atoms with E-state index in [9.17, 15) is 4.79 Å². The van der Waals surface area contributed by atoms with Crippen LogP contribution < -0.4 is 15.8 Å². The normalized spacial score (nSPS) is 11.5. The molecule has 4 rings (SSSR count). The SMILES string of the molecule is COc1ccccc1CCNc1nc(-c2ccccc2)ccc1C(C(N)=O)c1cccnc1. The minimum absolute atomic E-state index is 0.454. The number of nitrogens with two attached hydrogens (primary N) is 1. The Kier molecular flexibility index (Phi) is 6.95. The standard InChI is InChI=1S/C27H26N4O2/c1-33-24-12-6-5-10-20(24)15-17-30-27-22(25(26(28)32)21-11-7-16-29-18-21)13-14-23(31-27)19-8-3-2-4-9-19/h2-14,16,18,25H,15,17H2,1H3,(H2,28,32)(H,30,31). The molecule has 1 unspecified atom stereocenters. The number of nitrogens with zero attached hydrogens (tertiary/aromatic N) is 2. The van der Waals surface area contributed by atoms with Crippen molar-refractivity contribution in [2.45, 2.75) is 12.3 Å². The summed E-state index contributed by atoms with van der Waals surface area (Å²) in [5.74, 6) is 0.351. The molecule has 0 spiro atoms. The molecule has 1 amide bonds. The number of pyridine rings is 2. The van der Waals surface area contributed by atoms with Crippen molar-refractivity contribution in [1.29, 1.82) is 0 Å². The van der Waals surface area contributed by atoms with E-state index in [0.29, 0.717) is 12.4 Å². The predicted molar refractivity (Wildman–Crippen MR) is 130 cm³/mol. The molecule has 4 aromatic rings. The molecule has 6 nitrogen and oxygen atoms in total. The van der Waals surface area contributed by atoms with Crippen LogP contribution in [-0.4, -0.2) is 29.5 Å². The second-order valence-corrected chi connectivity index (χ2v) is 7.61. The van der Waals surface area contributed by atoms with Crippen molar-refractivity contribution in [3.05, 3.63) is 108 Å². The zero-order valence-electron chi connectivity index (χ0n) is 18.4. The molecular formula is C27H26N4O2. The summed E-state index contributed by atoms with van der Waals surface area (Å²) in [5, 5.41) is 3.43. The minimum Gasteiger partial charge on any atom is -0.496 e. The van der Waals surface area contributed by atoms with Gasteiger partial charge in [-0.3, -0.25) is 9.78 Å². The van der Waals surface area contributed by atoms with Gasteiger partial charge < -0.3 is 15.8 Å². The number of methoxy groups -OCH3 is 1. The van der Waals surface area contributed by atoms with E-state index in [-0.39, 0.29) is 0 Å². The number of rotatable bonds is 9. The van der Waals surface area contributed by atoms with Crippen molar-refractivity contribution in [2.75, 3.05) is 19.0 Å². The lowest BCUT2D eigenvalue weighted by Crippen LogP contribution is -2.24. The van der Waals surface area contributed by atoms with Crippen LogP contribution in [0.4, 0.5) is 5.82 Å².